The Morgan fingerprint density at radius 1 is 1.12 bits per heavy atom. The van der Waals surface area contributed by atoms with Crippen LogP contribution >= 0.6 is 0 Å². The van der Waals surface area contributed by atoms with Crippen LogP contribution in [-0.2, 0) is 20.1 Å². The number of hydrogen-bond donors (Lipinski definition) is 2. The molecule has 4 nitrogen and oxygen atoms in total. The average Bonchev–Trinajstić information content (AvgIpc) is 2.47. The summed E-state index contributed by atoms with van der Waals surface area (Å²) in [6.45, 7) is 9.38. The van der Waals surface area contributed by atoms with Crippen LogP contribution in [0.1, 0.15) is 51.4 Å². The summed E-state index contributed by atoms with van der Waals surface area (Å²) in [7, 11) is 0. The van der Waals surface area contributed by atoms with Gasteiger partial charge < -0.3 is 15.2 Å². The van der Waals surface area contributed by atoms with Crippen LogP contribution in [0, 0.1) is 18.8 Å². The number of halogens is 1. The van der Waals surface area contributed by atoms with Crippen LogP contribution in [0.15, 0.2) is 24.4 Å². The molecule has 0 amide bonds. The summed E-state index contributed by atoms with van der Waals surface area (Å²) in [4.78, 5) is 8.88. The van der Waals surface area contributed by atoms with Gasteiger partial charge in [0.15, 0.2) is 0 Å². The zero-order valence-corrected chi connectivity index (χ0v) is 17.6. The smallest absolute Gasteiger partial charge is 0.0596 e. The monoisotopic (exact) mass is 526 g/mol. The second kappa shape index (κ2) is 11.4. The van der Waals surface area contributed by atoms with E-state index in [0.717, 1.165) is 22.6 Å². The molecule has 0 spiro atoms. The molecule has 1 aromatic heterocycles. The number of aliphatic hydroxyl groups is 2. The number of aromatic nitrogens is 2. The van der Waals surface area contributed by atoms with Gasteiger partial charge in [-0.05, 0) is 33.1 Å². The van der Waals surface area contributed by atoms with Gasteiger partial charge in [0, 0.05) is 43.5 Å². The van der Waals surface area contributed by atoms with E-state index < -0.39 is 0 Å². The first kappa shape index (κ1) is 23.8. The second-order valence-corrected chi connectivity index (χ2v) is 6.24. The van der Waals surface area contributed by atoms with Crippen LogP contribution in [0.4, 0.5) is 4.39 Å². The van der Waals surface area contributed by atoms with Crippen molar-refractivity contribution in [2.45, 2.75) is 59.2 Å². The van der Waals surface area contributed by atoms with Gasteiger partial charge in [-0.3, -0.25) is 9.37 Å². The predicted molar refractivity (Wildman–Crippen MR) is 93.1 cm³/mol. The summed E-state index contributed by atoms with van der Waals surface area (Å²) in [5.41, 5.74) is 3.34. The molecular weight excluding hydrogens is 499 g/mol. The summed E-state index contributed by atoms with van der Waals surface area (Å²) >= 11 is 0. The number of benzene rings is 1. The molecule has 0 saturated heterocycles. The van der Waals surface area contributed by atoms with Gasteiger partial charge in [-0.15, -0.1) is 29.8 Å². The first-order valence-corrected chi connectivity index (χ1v) is 8.08. The molecule has 0 aliphatic carbocycles. The number of aryl methyl sites for hydroxylation is 1. The molecule has 1 radical (unpaired) electrons. The third-order valence-corrected chi connectivity index (χ3v) is 3.27. The normalized spacial score (nSPS) is 12.7. The van der Waals surface area contributed by atoms with Gasteiger partial charge in [0.25, 0.3) is 0 Å². The standard InChI is InChI=1S/C14H14FN2.C5H12O2.Ir/c1-9(2)13-8-16-14(10(3)17-13)11-4-6-12(15)7-5-11;1-4(6)3-5(2)7;/h4,6-9H,1-3H3;4-7H,3H2,1-2H3;/q-1;;. The van der Waals surface area contributed by atoms with E-state index >= 15 is 0 Å². The maximum Gasteiger partial charge on any atom is 0.0596 e. The predicted octanol–water partition coefficient (Wildman–Crippen LogP) is 3.65. The zero-order valence-electron chi connectivity index (χ0n) is 15.2. The van der Waals surface area contributed by atoms with Crippen LogP contribution in [0.25, 0.3) is 11.3 Å². The van der Waals surface area contributed by atoms with E-state index in [2.05, 4.69) is 29.9 Å². The van der Waals surface area contributed by atoms with E-state index in [1.807, 2.05) is 6.92 Å². The molecule has 1 aromatic carbocycles. The molecule has 25 heavy (non-hydrogen) atoms. The van der Waals surface area contributed by atoms with Gasteiger partial charge >= 0.3 is 0 Å². The van der Waals surface area contributed by atoms with E-state index in [-0.39, 0.29) is 38.1 Å². The average molecular weight is 526 g/mol. The van der Waals surface area contributed by atoms with Crippen molar-refractivity contribution in [2.75, 3.05) is 0 Å². The Morgan fingerprint density at radius 2 is 1.72 bits per heavy atom. The molecule has 141 valence electrons. The van der Waals surface area contributed by atoms with E-state index in [4.69, 9.17) is 10.2 Å². The fourth-order valence-electron chi connectivity index (χ4n) is 2.09. The van der Waals surface area contributed by atoms with Crippen LogP contribution in [0.3, 0.4) is 0 Å². The zero-order chi connectivity index (χ0) is 18.3. The molecule has 2 N–H and O–H groups in total. The van der Waals surface area contributed by atoms with Gasteiger partial charge in [-0.2, -0.15) is 0 Å². The fraction of sp³-hybridized carbons (Fsp3) is 0.474. The molecular formula is C19H26FIrN2O2-. The summed E-state index contributed by atoms with van der Waals surface area (Å²) in [6, 6.07) is 7.25. The Morgan fingerprint density at radius 3 is 2.08 bits per heavy atom. The first-order valence-electron chi connectivity index (χ1n) is 8.08. The van der Waals surface area contributed by atoms with Crippen molar-refractivity contribution in [2.24, 2.45) is 0 Å². The molecule has 0 bridgehead atoms. The third-order valence-electron chi connectivity index (χ3n) is 3.27. The van der Waals surface area contributed by atoms with Gasteiger partial charge in [0.2, 0.25) is 0 Å². The molecule has 1 heterocycles. The van der Waals surface area contributed by atoms with Crippen LogP contribution < -0.4 is 0 Å². The van der Waals surface area contributed by atoms with Crippen molar-refractivity contribution >= 4 is 0 Å². The number of nitrogens with zero attached hydrogens (tertiary/aromatic N) is 2. The van der Waals surface area contributed by atoms with Gasteiger partial charge in [0.1, 0.15) is 0 Å². The Labute approximate surface area is 162 Å². The van der Waals surface area contributed by atoms with Crippen LogP contribution in [0.5, 0.6) is 0 Å². The van der Waals surface area contributed by atoms with Gasteiger partial charge in [-0.1, -0.05) is 13.8 Å². The van der Waals surface area contributed by atoms with Gasteiger partial charge in [-0.25, -0.2) is 0 Å². The van der Waals surface area contributed by atoms with Crippen LogP contribution in [-0.4, -0.2) is 32.4 Å². The molecule has 0 aliphatic rings. The van der Waals surface area contributed by atoms with E-state index in [1.54, 1.807) is 26.1 Å². The minimum atomic E-state index is -0.375. The Kier molecular flexibility index (Phi) is 10.9. The molecule has 2 aromatic rings. The van der Waals surface area contributed by atoms with E-state index in [1.165, 1.54) is 12.1 Å². The van der Waals surface area contributed by atoms with Crippen molar-refractivity contribution in [3.8, 4) is 11.3 Å². The first-order chi connectivity index (χ1) is 11.2. The Bertz CT molecular complexity index is 626. The Hall–Kier alpha value is -1.20. The van der Waals surface area contributed by atoms with Crippen molar-refractivity contribution in [1.29, 1.82) is 0 Å². The summed E-state index contributed by atoms with van der Waals surface area (Å²) in [6.07, 6.45) is 1.49. The van der Waals surface area contributed by atoms with Crippen LogP contribution in [0.2, 0.25) is 0 Å². The number of hydrogen-bond acceptors (Lipinski definition) is 4. The summed E-state index contributed by atoms with van der Waals surface area (Å²) in [5.74, 6) is 0.0608. The van der Waals surface area contributed by atoms with Crippen molar-refractivity contribution in [3.05, 3.63) is 47.7 Å². The SMILES string of the molecule is CC(O)CC(C)O.Cc1nc(C(C)C)cnc1-c1[c-]cc(F)cc1.[Ir]. The minimum Gasteiger partial charge on any atom is -0.393 e. The minimum absolute atomic E-state index is 0. The quantitative estimate of drug-likeness (QED) is 0.599. The number of rotatable bonds is 4. The summed E-state index contributed by atoms with van der Waals surface area (Å²) in [5, 5.41) is 17.1. The molecule has 2 rings (SSSR count). The molecule has 0 aliphatic heterocycles. The fourth-order valence-corrected chi connectivity index (χ4v) is 2.09. The molecule has 2 atom stereocenters. The summed E-state index contributed by atoms with van der Waals surface area (Å²) < 4.78 is 12.8. The van der Waals surface area contributed by atoms with Crippen molar-refractivity contribution < 1.29 is 34.7 Å². The number of aliphatic hydroxyl groups excluding tert-OH is 2. The van der Waals surface area contributed by atoms with Crippen molar-refractivity contribution in [1.82, 2.24) is 9.97 Å². The van der Waals surface area contributed by atoms with E-state index in [0.29, 0.717) is 12.3 Å². The molecule has 2 unspecified atom stereocenters. The molecule has 0 fully saturated rings. The van der Waals surface area contributed by atoms with E-state index in [9.17, 15) is 4.39 Å². The third kappa shape index (κ3) is 8.63. The second-order valence-electron chi connectivity index (χ2n) is 6.24. The van der Waals surface area contributed by atoms with Crippen molar-refractivity contribution in [3.63, 3.8) is 0 Å². The maximum atomic E-state index is 12.8. The molecule has 6 heteroatoms. The maximum absolute atomic E-state index is 12.8. The van der Waals surface area contributed by atoms with Gasteiger partial charge in [0.05, 0.1) is 17.9 Å². The topological polar surface area (TPSA) is 66.2 Å². The molecule has 0 saturated carbocycles. The largest absolute Gasteiger partial charge is 0.393 e. The Balaban J connectivity index is 0.000000620.